The van der Waals surface area contributed by atoms with Crippen molar-refractivity contribution in [3.8, 4) is 16.9 Å². The van der Waals surface area contributed by atoms with Gasteiger partial charge in [0, 0.05) is 25.1 Å². The summed E-state index contributed by atoms with van der Waals surface area (Å²) in [5.41, 5.74) is 4.08. The number of fused-ring (bicyclic) bond motifs is 2. The third-order valence-electron chi connectivity index (χ3n) is 5.80. The van der Waals surface area contributed by atoms with E-state index in [1.807, 2.05) is 25.2 Å². The fourth-order valence-electron chi connectivity index (χ4n) is 4.22. The zero-order valence-electron chi connectivity index (χ0n) is 17.1. The smallest absolute Gasteiger partial charge is 0.254 e. The van der Waals surface area contributed by atoms with Crippen molar-refractivity contribution in [2.75, 3.05) is 40.1 Å². The molecule has 30 heavy (non-hydrogen) atoms. The fraction of sp³-hybridized carbons (Fsp3) is 0.320. The van der Waals surface area contributed by atoms with E-state index in [0.29, 0.717) is 39.6 Å². The van der Waals surface area contributed by atoms with Crippen molar-refractivity contribution < 1.29 is 19.0 Å². The van der Waals surface area contributed by atoms with Crippen LogP contribution >= 0.6 is 0 Å². The zero-order valence-corrected chi connectivity index (χ0v) is 17.1. The second kappa shape index (κ2) is 8.09. The SMILES string of the molecule is CN1Cc2cc(-c3cc(OCC4COCCOC4)cc4ccccc34)ccc2C1=O. The lowest BCUT2D eigenvalue weighted by atomic mass is 9.95. The van der Waals surface area contributed by atoms with Gasteiger partial charge in [0.2, 0.25) is 0 Å². The molecule has 2 aliphatic rings. The summed E-state index contributed by atoms with van der Waals surface area (Å²) < 4.78 is 17.3. The van der Waals surface area contributed by atoms with Crippen molar-refractivity contribution in [1.82, 2.24) is 4.90 Å². The van der Waals surface area contributed by atoms with Crippen LogP contribution in [0.2, 0.25) is 0 Å². The predicted molar refractivity (Wildman–Crippen MR) is 116 cm³/mol. The van der Waals surface area contributed by atoms with E-state index < -0.39 is 0 Å². The van der Waals surface area contributed by atoms with Gasteiger partial charge in [-0.25, -0.2) is 0 Å². The molecule has 0 aliphatic carbocycles. The molecule has 0 radical (unpaired) electrons. The van der Waals surface area contributed by atoms with Crippen LogP contribution in [-0.4, -0.2) is 50.9 Å². The van der Waals surface area contributed by atoms with Crippen LogP contribution in [0.25, 0.3) is 21.9 Å². The molecule has 5 nitrogen and oxygen atoms in total. The molecule has 0 aromatic heterocycles. The maximum Gasteiger partial charge on any atom is 0.254 e. The minimum Gasteiger partial charge on any atom is -0.493 e. The molecule has 5 heteroatoms. The molecule has 2 heterocycles. The topological polar surface area (TPSA) is 48.0 Å². The lowest BCUT2D eigenvalue weighted by Crippen LogP contribution is -2.20. The molecule has 1 fully saturated rings. The summed E-state index contributed by atoms with van der Waals surface area (Å²) >= 11 is 0. The van der Waals surface area contributed by atoms with Gasteiger partial charge in [0.15, 0.2) is 0 Å². The number of carbonyl (C=O) groups is 1. The van der Waals surface area contributed by atoms with E-state index in [1.54, 1.807) is 4.90 Å². The Morgan fingerprint density at radius 1 is 1.00 bits per heavy atom. The van der Waals surface area contributed by atoms with Crippen LogP contribution in [0.15, 0.2) is 54.6 Å². The van der Waals surface area contributed by atoms with Gasteiger partial charge in [0.05, 0.1) is 33.0 Å². The first-order valence-electron chi connectivity index (χ1n) is 10.4. The molecule has 0 bridgehead atoms. The van der Waals surface area contributed by atoms with Crippen LogP contribution in [0.5, 0.6) is 5.75 Å². The molecule has 0 unspecified atom stereocenters. The summed E-state index contributed by atoms with van der Waals surface area (Å²) in [7, 11) is 1.84. The van der Waals surface area contributed by atoms with E-state index in [4.69, 9.17) is 14.2 Å². The molecule has 0 atom stereocenters. The van der Waals surface area contributed by atoms with E-state index >= 15 is 0 Å². The lowest BCUT2D eigenvalue weighted by molar-refractivity contribution is 0.0816. The van der Waals surface area contributed by atoms with Crippen LogP contribution in [0.3, 0.4) is 0 Å². The number of nitrogens with zero attached hydrogens (tertiary/aromatic N) is 1. The van der Waals surface area contributed by atoms with Crippen molar-refractivity contribution in [3.63, 3.8) is 0 Å². The molecule has 1 saturated heterocycles. The van der Waals surface area contributed by atoms with Crippen molar-refractivity contribution in [2.45, 2.75) is 6.54 Å². The quantitative estimate of drug-likeness (QED) is 0.657. The summed E-state index contributed by atoms with van der Waals surface area (Å²) in [6, 6.07) is 18.6. The summed E-state index contributed by atoms with van der Waals surface area (Å²) in [6.45, 7) is 3.82. The van der Waals surface area contributed by atoms with Gasteiger partial charge in [-0.3, -0.25) is 4.79 Å². The maximum atomic E-state index is 12.3. The van der Waals surface area contributed by atoms with E-state index in [0.717, 1.165) is 33.4 Å². The molecule has 3 aromatic carbocycles. The van der Waals surface area contributed by atoms with Crippen molar-refractivity contribution in [2.24, 2.45) is 5.92 Å². The van der Waals surface area contributed by atoms with Gasteiger partial charge < -0.3 is 19.1 Å². The molecule has 0 saturated carbocycles. The Bertz CT molecular complexity index is 1090. The Kier molecular flexibility index (Phi) is 5.15. The minimum absolute atomic E-state index is 0.0892. The molecular weight excluding hydrogens is 378 g/mol. The van der Waals surface area contributed by atoms with Gasteiger partial charge in [-0.15, -0.1) is 0 Å². The second-order valence-corrected chi connectivity index (χ2v) is 8.05. The molecular formula is C25H25NO4. The first-order valence-corrected chi connectivity index (χ1v) is 10.4. The van der Waals surface area contributed by atoms with E-state index in [-0.39, 0.29) is 11.8 Å². The van der Waals surface area contributed by atoms with Crippen molar-refractivity contribution in [1.29, 1.82) is 0 Å². The highest BCUT2D eigenvalue weighted by molar-refractivity contribution is 6.01. The third-order valence-corrected chi connectivity index (χ3v) is 5.80. The fourth-order valence-corrected chi connectivity index (χ4v) is 4.22. The highest BCUT2D eigenvalue weighted by Gasteiger charge is 2.24. The Morgan fingerprint density at radius 3 is 2.63 bits per heavy atom. The molecule has 2 aliphatic heterocycles. The summed E-state index contributed by atoms with van der Waals surface area (Å²) in [6.07, 6.45) is 0. The zero-order chi connectivity index (χ0) is 20.5. The molecule has 154 valence electrons. The van der Waals surface area contributed by atoms with Gasteiger partial charge >= 0.3 is 0 Å². The highest BCUT2D eigenvalue weighted by atomic mass is 16.5. The monoisotopic (exact) mass is 403 g/mol. The molecule has 0 spiro atoms. The summed E-state index contributed by atoms with van der Waals surface area (Å²) in [4.78, 5) is 14.0. The summed E-state index contributed by atoms with van der Waals surface area (Å²) in [5, 5.41) is 2.30. The van der Waals surface area contributed by atoms with E-state index in [1.165, 1.54) is 5.39 Å². The number of ether oxygens (including phenoxy) is 3. The number of hydrogen-bond acceptors (Lipinski definition) is 4. The number of amides is 1. The average Bonchev–Trinajstić information content (AvgIpc) is 2.93. The highest BCUT2D eigenvalue weighted by Crippen LogP contribution is 2.35. The summed E-state index contributed by atoms with van der Waals surface area (Å²) in [5.74, 6) is 1.15. The van der Waals surface area contributed by atoms with E-state index in [2.05, 4.69) is 36.4 Å². The van der Waals surface area contributed by atoms with Gasteiger partial charge in [0.1, 0.15) is 5.75 Å². The largest absolute Gasteiger partial charge is 0.493 e. The van der Waals surface area contributed by atoms with Gasteiger partial charge in [-0.1, -0.05) is 30.3 Å². The van der Waals surface area contributed by atoms with Gasteiger partial charge in [-0.05, 0) is 51.7 Å². The number of rotatable bonds is 4. The third kappa shape index (κ3) is 3.66. The average molecular weight is 403 g/mol. The minimum atomic E-state index is 0.0892. The van der Waals surface area contributed by atoms with Crippen molar-refractivity contribution >= 4 is 16.7 Å². The van der Waals surface area contributed by atoms with E-state index in [9.17, 15) is 4.79 Å². The molecule has 1 amide bonds. The van der Waals surface area contributed by atoms with Crippen LogP contribution in [0.1, 0.15) is 15.9 Å². The van der Waals surface area contributed by atoms with Crippen LogP contribution < -0.4 is 4.74 Å². The molecule has 0 N–H and O–H groups in total. The Labute approximate surface area is 176 Å². The van der Waals surface area contributed by atoms with Crippen LogP contribution in [-0.2, 0) is 16.0 Å². The molecule has 3 aromatic rings. The second-order valence-electron chi connectivity index (χ2n) is 8.05. The first-order chi connectivity index (χ1) is 14.7. The standard InChI is InChI=1S/C25H25NO4/c1-26-13-20-10-19(6-7-23(20)25(26)27)24-12-21(11-18-4-2-3-5-22(18)24)30-16-17-14-28-8-9-29-15-17/h2-7,10-12,17H,8-9,13-16H2,1H3. The van der Waals surface area contributed by atoms with Crippen LogP contribution in [0, 0.1) is 5.92 Å². The normalized spacial score (nSPS) is 17.2. The first kappa shape index (κ1) is 19.1. The molecule has 5 rings (SSSR count). The Hall–Kier alpha value is -2.89. The Balaban J connectivity index is 1.48. The number of carbonyl (C=O) groups excluding carboxylic acids is 1. The van der Waals surface area contributed by atoms with Crippen LogP contribution in [0.4, 0.5) is 0 Å². The van der Waals surface area contributed by atoms with Gasteiger partial charge in [-0.2, -0.15) is 0 Å². The predicted octanol–water partition coefficient (Wildman–Crippen LogP) is 4.13. The maximum absolute atomic E-state index is 12.3. The Morgan fingerprint density at radius 2 is 1.80 bits per heavy atom. The number of hydrogen-bond donors (Lipinski definition) is 0. The number of benzene rings is 3. The van der Waals surface area contributed by atoms with Gasteiger partial charge in [0.25, 0.3) is 5.91 Å². The van der Waals surface area contributed by atoms with Crippen molar-refractivity contribution in [3.05, 3.63) is 65.7 Å². The lowest BCUT2D eigenvalue weighted by Gasteiger charge is -2.16.